The molecule has 174 valence electrons. The lowest BCUT2D eigenvalue weighted by atomic mass is 9.67. The van der Waals surface area contributed by atoms with Gasteiger partial charge in [-0.1, -0.05) is 0 Å². The summed E-state index contributed by atoms with van der Waals surface area (Å²) in [4.78, 5) is 36.9. The van der Waals surface area contributed by atoms with Crippen LogP contribution in [0.2, 0.25) is 0 Å². The number of amides is 3. The van der Waals surface area contributed by atoms with E-state index < -0.39 is 23.5 Å². The SMILES string of the molecule is CN(c1cnc(C(F)(F)F)cn1)C1CCC2(CC1)CN(C(=O)N1CC3(COC(=O)N3)C1)C2. The average molecular weight is 454 g/mol. The molecule has 0 unspecified atom stereocenters. The molecule has 4 fully saturated rings. The molecular formula is C20H25F3N6O3. The number of likely N-dealkylation sites (tertiary alicyclic amines) is 2. The van der Waals surface area contributed by atoms with Crippen molar-refractivity contribution in [2.24, 2.45) is 5.41 Å². The molecule has 1 saturated carbocycles. The van der Waals surface area contributed by atoms with Crippen molar-refractivity contribution in [1.82, 2.24) is 25.1 Å². The molecular weight excluding hydrogens is 429 g/mol. The molecule has 5 rings (SSSR count). The highest BCUT2D eigenvalue weighted by Gasteiger charge is 2.55. The number of hydrogen-bond acceptors (Lipinski definition) is 6. The number of ether oxygens (including phenoxy) is 1. The number of halogens is 3. The first-order chi connectivity index (χ1) is 15.1. The first-order valence-electron chi connectivity index (χ1n) is 10.7. The standard InChI is InChI=1S/C20H25F3N6O3/c1-27(15-7-24-14(6-25-15)20(21,22)23)13-2-4-18(5-3-13)8-28(9-18)17(31)29-10-19(11-29)12-32-16(30)26-19/h6-7,13H,2-5,8-12H2,1H3,(H,26,30). The second-order valence-corrected chi connectivity index (χ2v) is 9.58. The Bertz CT molecular complexity index is 902. The van der Waals surface area contributed by atoms with Crippen LogP contribution >= 0.6 is 0 Å². The van der Waals surface area contributed by atoms with E-state index >= 15 is 0 Å². The van der Waals surface area contributed by atoms with E-state index in [1.165, 1.54) is 6.20 Å². The number of aromatic nitrogens is 2. The molecule has 0 atom stereocenters. The smallest absolute Gasteiger partial charge is 0.434 e. The van der Waals surface area contributed by atoms with Gasteiger partial charge < -0.3 is 24.8 Å². The fourth-order valence-electron chi connectivity index (χ4n) is 5.34. The zero-order chi connectivity index (χ0) is 22.7. The molecule has 32 heavy (non-hydrogen) atoms. The van der Waals surface area contributed by atoms with Gasteiger partial charge in [0.05, 0.1) is 25.5 Å². The minimum Gasteiger partial charge on any atom is -0.447 e. The molecule has 4 aliphatic rings. The van der Waals surface area contributed by atoms with Crippen molar-refractivity contribution in [1.29, 1.82) is 0 Å². The number of nitrogens with one attached hydrogen (secondary N) is 1. The summed E-state index contributed by atoms with van der Waals surface area (Å²) >= 11 is 0. The van der Waals surface area contributed by atoms with E-state index in [2.05, 4.69) is 15.3 Å². The predicted molar refractivity (Wildman–Crippen MR) is 106 cm³/mol. The number of carbonyl (C=O) groups is 2. The van der Waals surface area contributed by atoms with Crippen LogP contribution < -0.4 is 10.2 Å². The molecule has 1 N–H and O–H groups in total. The molecule has 0 bridgehead atoms. The van der Waals surface area contributed by atoms with Gasteiger partial charge in [-0.3, -0.25) is 0 Å². The summed E-state index contributed by atoms with van der Waals surface area (Å²) in [6, 6.07) is 0.180. The number of hydrogen-bond donors (Lipinski definition) is 1. The molecule has 1 aromatic rings. The van der Waals surface area contributed by atoms with E-state index in [0.717, 1.165) is 31.9 Å². The second kappa shape index (κ2) is 7.11. The Labute approximate surface area is 182 Å². The molecule has 12 heteroatoms. The van der Waals surface area contributed by atoms with Crippen LogP contribution in [0.15, 0.2) is 12.4 Å². The van der Waals surface area contributed by atoms with Crippen LogP contribution in [-0.2, 0) is 10.9 Å². The zero-order valence-electron chi connectivity index (χ0n) is 17.7. The van der Waals surface area contributed by atoms with Gasteiger partial charge in [0.2, 0.25) is 0 Å². The van der Waals surface area contributed by atoms with E-state index in [4.69, 9.17) is 4.74 Å². The van der Waals surface area contributed by atoms with Gasteiger partial charge >= 0.3 is 18.3 Å². The van der Waals surface area contributed by atoms with E-state index in [9.17, 15) is 22.8 Å². The minimum atomic E-state index is -4.50. The Kier molecular flexibility index (Phi) is 4.68. The Hall–Kier alpha value is -2.79. The van der Waals surface area contributed by atoms with E-state index in [1.807, 2.05) is 16.8 Å². The maximum absolute atomic E-state index is 12.7. The Balaban J connectivity index is 1.09. The molecule has 9 nitrogen and oxygen atoms in total. The lowest BCUT2D eigenvalue weighted by Crippen LogP contribution is -2.73. The highest BCUT2D eigenvalue weighted by atomic mass is 19.4. The zero-order valence-corrected chi connectivity index (χ0v) is 17.7. The van der Waals surface area contributed by atoms with Crippen molar-refractivity contribution < 1.29 is 27.5 Å². The second-order valence-electron chi connectivity index (χ2n) is 9.58. The number of rotatable bonds is 2. The largest absolute Gasteiger partial charge is 0.447 e. The minimum absolute atomic E-state index is 0.00155. The van der Waals surface area contributed by atoms with Gasteiger partial charge in [-0.05, 0) is 25.7 Å². The van der Waals surface area contributed by atoms with E-state index in [0.29, 0.717) is 38.6 Å². The number of carbonyl (C=O) groups excluding carboxylic acids is 2. The van der Waals surface area contributed by atoms with Crippen molar-refractivity contribution in [2.45, 2.75) is 43.4 Å². The average Bonchev–Trinajstić information content (AvgIpc) is 3.12. The molecule has 4 heterocycles. The van der Waals surface area contributed by atoms with E-state index in [1.54, 1.807) is 4.90 Å². The monoisotopic (exact) mass is 454 g/mol. The molecule has 0 radical (unpaired) electrons. The van der Waals surface area contributed by atoms with Gasteiger partial charge in [0.1, 0.15) is 18.0 Å². The first kappa shape index (κ1) is 21.1. The fourth-order valence-corrected chi connectivity index (χ4v) is 5.34. The summed E-state index contributed by atoms with van der Waals surface area (Å²) in [5, 5.41) is 2.78. The van der Waals surface area contributed by atoms with Gasteiger partial charge in [0.25, 0.3) is 0 Å². The Morgan fingerprint density at radius 3 is 2.34 bits per heavy atom. The highest BCUT2D eigenvalue weighted by Crippen LogP contribution is 2.46. The van der Waals surface area contributed by atoms with Crippen LogP contribution in [0, 0.1) is 5.41 Å². The quantitative estimate of drug-likeness (QED) is 0.736. The lowest BCUT2D eigenvalue weighted by molar-refractivity contribution is -0.141. The summed E-state index contributed by atoms with van der Waals surface area (Å²) in [5.74, 6) is 0.430. The summed E-state index contributed by atoms with van der Waals surface area (Å²) in [7, 11) is 1.84. The molecule has 1 aliphatic carbocycles. The number of urea groups is 1. The third-order valence-corrected chi connectivity index (χ3v) is 7.28. The molecule has 3 amide bonds. The van der Waals surface area contributed by atoms with Crippen molar-refractivity contribution >= 4 is 17.9 Å². The van der Waals surface area contributed by atoms with Gasteiger partial charge in [-0.25, -0.2) is 19.6 Å². The lowest BCUT2D eigenvalue weighted by Gasteiger charge is -2.57. The van der Waals surface area contributed by atoms with Crippen molar-refractivity contribution in [3.8, 4) is 0 Å². The van der Waals surface area contributed by atoms with Gasteiger partial charge in [0, 0.05) is 31.6 Å². The first-order valence-corrected chi connectivity index (χ1v) is 10.7. The Morgan fingerprint density at radius 2 is 1.81 bits per heavy atom. The number of alkyl carbamates (subject to hydrolysis) is 1. The van der Waals surface area contributed by atoms with Crippen LogP contribution in [0.4, 0.5) is 28.6 Å². The molecule has 3 saturated heterocycles. The molecule has 3 aliphatic heterocycles. The maximum Gasteiger partial charge on any atom is 0.434 e. The summed E-state index contributed by atoms with van der Waals surface area (Å²) < 4.78 is 43.0. The number of alkyl halides is 3. The fraction of sp³-hybridized carbons (Fsp3) is 0.700. The van der Waals surface area contributed by atoms with E-state index in [-0.39, 0.29) is 17.5 Å². The van der Waals surface area contributed by atoms with Crippen LogP contribution in [0.5, 0.6) is 0 Å². The Morgan fingerprint density at radius 1 is 1.16 bits per heavy atom. The van der Waals surface area contributed by atoms with Crippen LogP contribution in [-0.4, -0.2) is 83.3 Å². The normalized spacial score (nSPS) is 24.1. The number of anilines is 1. The maximum atomic E-state index is 12.7. The molecule has 0 aromatic carbocycles. The van der Waals surface area contributed by atoms with Crippen molar-refractivity contribution in [3.05, 3.63) is 18.1 Å². The van der Waals surface area contributed by atoms with Crippen LogP contribution in [0.3, 0.4) is 0 Å². The van der Waals surface area contributed by atoms with Crippen molar-refractivity contribution in [2.75, 3.05) is 44.7 Å². The summed E-state index contributed by atoms with van der Waals surface area (Å²) in [5.41, 5.74) is -1.29. The summed E-state index contributed by atoms with van der Waals surface area (Å²) in [6.07, 6.45) is 0.702. The van der Waals surface area contributed by atoms with Gasteiger partial charge in [-0.15, -0.1) is 0 Å². The van der Waals surface area contributed by atoms with Gasteiger partial charge in [0.15, 0.2) is 5.69 Å². The third kappa shape index (κ3) is 3.58. The van der Waals surface area contributed by atoms with Gasteiger partial charge in [-0.2, -0.15) is 13.2 Å². The number of cyclic esters (lactones) is 1. The highest BCUT2D eigenvalue weighted by molar-refractivity contribution is 5.78. The summed E-state index contributed by atoms with van der Waals surface area (Å²) in [6.45, 7) is 2.69. The predicted octanol–water partition coefficient (Wildman–Crippen LogP) is 2.09. The van der Waals surface area contributed by atoms with Crippen molar-refractivity contribution in [3.63, 3.8) is 0 Å². The van der Waals surface area contributed by atoms with Crippen LogP contribution in [0.25, 0.3) is 0 Å². The topological polar surface area (TPSA) is 90.9 Å². The number of nitrogens with zero attached hydrogens (tertiary/aromatic N) is 5. The van der Waals surface area contributed by atoms with Crippen LogP contribution in [0.1, 0.15) is 31.4 Å². The molecule has 1 aromatic heterocycles. The third-order valence-electron chi connectivity index (χ3n) is 7.28. The molecule has 2 spiro atoms.